The Morgan fingerprint density at radius 2 is 1.10 bits per heavy atom. The van der Waals surface area contributed by atoms with Gasteiger partial charge in [-0.25, -0.2) is 4.68 Å². The van der Waals surface area contributed by atoms with E-state index in [0.29, 0.717) is 36.4 Å². The third-order valence-corrected chi connectivity index (χ3v) is 11.1. The third-order valence-electron chi connectivity index (χ3n) is 7.64. The number of benzene rings is 4. The lowest BCUT2D eigenvalue weighted by Crippen LogP contribution is -2.18. The Balaban J connectivity index is 1.68. The van der Waals surface area contributed by atoms with E-state index in [1.54, 1.807) is 0 Å². The van der Waals surface area contributed by atoms with Crippen LogP contribution in [0.4, 0.5) is 53.0 Å². The summed E-state index contributed by atoms with van der Waals surface area (Å²) in [7, 11) is -21.7. The lowest BCUT2D eigenvalue weighted by atomic mass is 10.1. The number of phenols is 2. The summed E-state index contributed by atoms with van der Waals surface area (Å²) >= 11 is 0. The smallest absolute Gasteiger partial charge is 0.408 e. The molecule has 4 aromatic carbocycles. The monoisotopic (exact) mass is 939 g/mol. The molecule has 0 fully saturated rings. The topological polar surface area (TPSA) is 413 Å². The van der Waals surface area contributed by atoms with Crippen LogP contribution in [0.5, 0.6) is 17.4 Å². The molecular weight excluding hydrogens is 920 g/mol. The van der Waals surface area contributed by atoms with E-state index in [1.807, 2.05) is 0 Å². The fourth-order valence-corrected chi connectivity index (χ4v) is 7.68. The highest BCUT2D eigenvalue weighted by molar-refractivity contribution is 7.86. The summed E-state index contributed by atoms with van der Waals surface area (Å²) in [6, 6.07) is 4.53. The first-order valence-electron chi connectivity index (χ1n) is 15.3. The van der Waals surface area contributed by atoms with Crippen LogP contribution in [0.15, 0.2) is 98.8 Å². The van der Waals surface area contributed by atoms with Gasteiger partial charge in [0, 0.05) is 12.1 Å². The molecule has 0 unspecified atom stereocenters. The maximum atomic E-state index is 12.8. The normalized spacial score (nSPS) is 13.3. The van der Waals surface area contributed by atoms with Crippen molar-refractivity contribution >= 4 is 91.1 Å². The van der Waals surface area contributed by atoms with E-state index >= 15 is 0 Å². The van der Waals surface area contributed by atoms with Crippen LogP contribution in [-0.2, 0) is 47.0 Å². The van der Waals surface area contributed by atoms with Crippen molar-refractivity contribution in [1.82, 2.24) is 9.78 Å². The Morgan fingerprint density at radius 3 is 1.54 bits per heavy atom. The first kappa shape index (κ1) is 45.5. The zero-order chi connectivity index (χ0) is 45.8. The molecule has 0 saturated carbocycles. The molecule has 5 rings (SSSR count). The number of fused-ring (bicyclic) bond motifs is 1. The second kappa shape index (κ2) is 15.8. The molecule has 0 saturated heterocycles. The Kier molecular flexibility index (Phi) is 11.8. The number of aromatic hydroxyl groups is 3. The molecule has 0 atom stereocenters. The van der Waals surface area contributed by atoms with Gasteiger partial charge >= 0.3 is 6.18 Å². The lowest BCUT2D eigenvalue weighted by molar-refractivity contribution is -0.385. The molecule has 5 aromatic rings. The summed E-state index contributed by atoms with van der Waals surface area (Å²) in [5, 5.41) is 66.1. The number of azo groups is 3. The van der Waals surface area contributed by atoms with Gasteiger partial charge in [0.05, 0.1) is 21.7 Å². The summed E-state index contributed by atoms with van der Waals surface area (Å²) in [5.41, 5.74) is -6.63. The summed E-state index contributed by atoms with van der Waals surface area (Å²) in [6.45, 7) is -0.560. The first-order chi connectivity index (χ1) is 27.9. The number of halogens is 3. The van der Waals surface area contributed by atoms with Gasteiger partial charge in [-0.15, -0.1) is 25.6 Å². The molecule has 0 aliphatic heterocycles. The first-order valence-corrected chi connectivity index (χ1v) is 21.1. The number of nitro groups is 1. The Morgan fingerprint density at radius 1 is 0.656 bits per heavy atom. The Bertz CT molecular complexity index is 3250. The SMILES string of the molecule is Cc1nn(CC(F)(F)F)c(O)c1/N=N/c1ccc(/N=N/c2c(S(=O)(=O)O)cc3cc(S(=O)(=O)O)c(/N=N/c4ccc([N+](=O)[O-])cc4S(=O)(=O)O)c(O)c3c2O)c(S(=O)(=O)O)c1. The molecule has 1 aromatic heterocycles. The van der Waals surface area contributed by atoms with Crippen LogP contribution in [0.25, 0.3) is 10.8 Å². The predicted octanol–water partition coefficient (Wildman–Crippen LogP) is 6.17. The molecule has 33 heteroatoms. The number of hydrogen-bond donors (Lipinski definition) is 7. The largest absolute Gasteiger partial charge is 0.505 e. The quantitative estimate of drug-likeness (QED) is 0.0318. The van der Waals surface area contributed by atoms with Crippen LogP contribution in [0, 0.1) is 17.0 Å². The van der Waals surface area contributed by atoms with E-state index in [9.17, 15) is 90.5 Å². The molecule has 7 N–H and O–H groups in total. The van der Waals surface area contributed by atoms with E-state index in [2.05, 4.69) is 35.8 Å². The van der Waals surface area contributed by atoms with Crippen molar-refractivity contribution in [2.45, 2.75) is 39.2 Å². The van der Waals surface area contributed by atoms with Crippen LogP contribution in [0.1, 0.15) is 5.69 Å². The van der Waals surface area contributed by atoms with Crippen LogP contribution in [0.3, 0.4) is 0 Å². The van der Waals surface area contributed by atoms with E-state index in [0.717, 1.165) is 19.1 Å². The van der Waals surface area contributed by atoms with Gasteiger partial charge in [-0.2, -0.15) is 57.1 Å². The predicted molar refractivity (Wildman–Crippen MR) is 193 cm³/mol. The highest BCUT2D eigenvalue weighted by Crippen LogP contribution is 2.50. The molecule has 26 nitrogen and oxygen atoms in total. The number of hydrogen-bond acceptors (Lipinski definition) is 20. The zero-order valence-corrected chi connectivity index (χ0v) is 32.6. The van der Waals surface area contributed by atoms with E-state index in [1.165, 1.54) is 0 Å². The van der Waals surface area contributed by atoms with E-state index in [-0.39, 0.29) is 10.4 Å². The van der Waals surface area contributed by atoms with Gasteiger partial charge in [-0.1, -0.05) is 0 Å². The molecule has 0 aliphatic carbocycles. The van der Waals surface area contributed by atoms with Gasteiger partial charge in [0.15, 0.2) is 17.2 Å². The number of aromatic nitrogens is 2. The highest BCUT2D eigenvalue weighted by atomic mass is 32.2. The molecule has 1 heterocycles. The van der Waals surface area contributed by atoms with Gasteiger partial charge in [0.25, 0.3) is 46.2 Å². The van der Waals surface area contributed by atoms with Crippen LogP contribution in [-0.4, -0.2) is 88.1 Å². The fraction of sp³-hybridized carbons (Fsp3) is 0.107. The van der Waals surface area contributed by atoms with Crippen molar-refractivity contribution in [2.24, 2.45) is 30.7 Å². The van der Waals surface area contributed by atoms with Crippen molar-refractivity contribution in [3.05, 3.63) is 64.3 Å². The van der Waals surface area contributed by atoms with Crippen molar-refractivity contribution < 1.29 is 85.3 Å². The second-order valence-corrected chi connectivity index (χ2v) is 17.4. The summed E-state index contributed by atoms with van der Waals surface area (Å²) in [5.74, 6) is -4.08. The molecule has 324 valence electrons. The number of nitrogens with zero attached hydrogens (tertiary/aromatic N) is 9. The average molecular weight is 940 g/mol. The summed E-state index contributed by atoms with van der Waals surface area (Å²) in [4.78, 5) is 4.81. The number of phenolic OH excluding ortho intramolecular Hbond substituents is 2. The van der Waals surface area contributed by atoms with Crippen LogP contribution < -0.4 is 0 Å². The Labute approximate surface area is 336 Å². The number of aryl methyl sites for hydroxylation is 1. The van der Waals surface area contributed by atoms with Gasteiger partial charge in [-0.3, -0.25) is 28.3 Å². The minimum atomic E-state index is -5.55. The number of non-ortho nitro benzene ring substituents is 1. The molecule has 0 aliphatic rings. The van der Waals surface area contributed by atoms with Gasteiger partial charge in [0.1, 0.15) is 48.9 Å². The number of rotatable bonds is 12. The lowest BCUT2D eigenvalue weighted by Gasteiger charge is -2.13. The number of nitro benzene ring substituents is 1. The molecule has 0 amide bonds. The molecule has 0 spiro atoms. The minimum absolute atomic E-state index is 0.155. The van der Waals surface area contributed by atoms with Gasteiger partial charge in [-0.05, 0) is 48.7 Å². The van der Waals surface area contributed by atoms with Crippen LogP contribution in [0.2, 0.25) is 0 Å². The highest BCUT2D eigenvalue weighted by Gasteiger charge is 2.32. The van der Waals surface area contributed by atoms with Crippen molar-refractivity contribution in [1.29, 1.82) is 0 Å². The van der Waals surface area contributed by atoms with E-state index in [4.69, 9.17) is 0 Å². The maximum absolute atomic E-state index is 12.8. The van der Waals surface area contributed by atoms with Gasteiger partial charge < -0.3 is 15.3 Å². The fourth-order valence-electron chi connectivity index (χ4n) is 5.08. The Hall–Kier alpha value is -6.62. The number of alkyl halides is 3. The average Bonchev–Trinajstić information content (AvgIpc) is 3.37. The molecular formula is C28H20F3N9O17S4. The second-order valence-electron chi connectivity index (χ2n) is 11.8. The zero-order valence-electron chi connectivity index (χ0n) is 29.3. The van der Waals surface area contributed by atoms with Crippen molar-refractivity contribution in [3.8, 4) is 17.4 Å². The van der Waals surface area contributed by atoms with E-state index < -0.39 is 146 Å². The summed E-state index contributed by atoms with van der Waals surface area (Å²) in [6.07, 6.45) is -4.80. The van der Waals surface area contributed by atoms with Crippen molar-refractivity contribution in [2.75, 3.05) is 0 Å². The van der Waals surface area contributed by atoms with Crippen molar-refractivity contribution in [3.63, 3.8) is 0 Å². The molecule has 0 radical (unpaired) electrons. The standard InChI is InChI=1S/C28H20F3N9O17S4/c1-11-22(27(43)39(38-11)10-28(29,30)31)35-32-13-2-4-15(17(8-13)58(46,47)48)33-36-23-19(60(52,53)54)6-12-7-20(61(55,56)57)24(26(42)21(12)25(23)41)37-34-16-5-3-14(40(44)45)9-18(16)59(49,50)51/h2-9,41-43H,10H2,1H3,(H,46,47,48)(H,49,50,51)(H,52,53,54)(H,55,56,57)/b35-32+,36-33+,37-34+. The van der Waals surface area contributed by atoms with Crippen LogP contribution >= 0.6 is 0 Å². The maximum Gasteiger partial charge on any atom is 0.408 e. The van der Waals surface area contributed by atoms with Gasteiger partial charge in [0.2, 0.25) is 5.88 Å². The minimum Gasteiger partial charge on any atom is -0.505 e. The third kappa shape index (κ3) is 9.89. The molecule has 61 heavy (non-hydrogen) atoms. The summed E-state index contributed by atoms with van der Waals surface area (Å²) < 4.78 is 176. The molecule has 0 bridgehead atoms.